The van der Waals surface area contributed by atoms with Gasteiger partial charge in [-0.3, -0.25) is 4.79 Å². The maximum Gasteiger partial charge on any atom is 0.255 e. The van der Waals surface area contributed by atoms with E-state index in [0.717, 1.165) is 12.2 Å². The lowest BCUT2D eigenvalue weighted by Gasteiger charge is -2.19. The summed E-state index contributed by atoms with van der Waals surface area (Å²) >= 11 is 0. The molecule has 0 spiro atoms. The maximum absolute atomic E-state index is 12.4. The first-order valence-electron chi connectivity index (χ1n) is 6.33. The number of hydrogen-bond donors (Lipinski definition) is 1. The summed E-state index contributed by atoms with van der Waals surface area (Å²) in [5, 5.41) is 0. The van der Waals surface area contributed by atoms with Crippen molar-refractivity contribution in [2.45, 2.75) is 53.1 Å². The molecule has 0 aliphatic rings. The minimum absolute atomic E-state index is 0.0694. The van der Waals surface area contributed by atoms with E-state index in [0.29, 0.717) is 17.4 Å². The van der Waals surface area contributed by atoms with Gasteiger partial charge in [0.15, 0.2) is 0 Å². The van der Waals surface area contributed by atoms with Crippen LogP contribution in [0.3, 0.4) is 0 Å². The fraction of sp³-hybridized carbons (Fsp3) is 0.643. The molecule has 1 atom stereocenters. The lowest BCUT2D eigenvalue weighted by atomic mass is 10.0. The fourth-order valence-electron chi connectivity index (χ4n) is 2.01. The molecule has 0 fully saturated rings. The quantitative estimate of drug-likeness (QED) is 0.873. The van der Waals surface area contributed by atoms with Crippen molar-refractivity contribution in [2.75, 3.05) is 0 Å². The predicted molar refractivity (Wildman–Crippen MR) is 72.2 cm³/mol. The molecule has 96 valence electrons. The molecule has 1 aromatic heterocycles. The molecule has 1 heterocycles. The molecule has 0 bridgehead atoms. The number of rotatable bonds is 4. The highest BCUT2D eigenvalue weighted by Crippen LogP contribution is 2.16. The average Bonchev–Trinajstić information content (AvgIpc) is 2.19. The van der Waals surface area contributed by atoms with E-state index in [1.807, 2.05) is 23.6 Å². The molecule has 0 amide bonds. The van der Waals surface area contributed by atoms with E-state index in [1.165, 1.54) is 0 Å². The van der Waals surface area contributed by atoms with Gasteiger partial charge in [0.2, 0.25) is 0 Å². The molecule has 1 unspecified atom stereocenters. The molecule has 2 N–H and O–H groups in total. The molecule has 0 aromatic carbocycles. The molecule has 0 radical (unpaired) electrons. The van der Waals surface area contributed by atoms with E-state index in [4.69, 9.17) is 5.73 Å². The van der Waals surface area contributed by atoms with Crippen LogP contribution in [-0.4, -0.2) is 4.57 Å². The van der Waals surface area contributed by atoms with Crippen LogP contribution < -0.4 is 11.3 Å². The van der Waals surface area contributed by atoms with Crippen molar-refractivity contribution in [3.63, 3.8) is 0 Å². The standard InChI is InChI=1S/C14H24N2O/c1-9(2)8-16-13(10(3)4)7-6-12(11(5)15)14(16)17/h6-7,9-11H,8,15H2,1-5H3. The van der Waals surface area contributed by atoms with Crippen LogP contribution in [0.5, 0.6) is 0 Å². The minimum Gasteiger partial charge on any atom is -0.324 e. The zero-order valence-corrected chi connectivity index (χ0v) is 11.5. The summed E-state index contributed by atoms with van der Waals surface area (Å²) in [7, 11) is 0. The summed E-state index contributed by atoms with van der Waals surface area (Å²) < 4.78 is 1.88. The Labute approximate surface area is 104 Å². The van der Waals surface area contributed by atoms with E-state index >= 15 is 0 Å². The molecular formula is C14H24N2O. The second-order valence-electron chi connectivity index (χ2n) is 5.47. The molecule has 0 aliphatic heterocycles. The second-order valence-corrected chi connectivity index (χ2v) is 5.47. The van der Waals surface area contributed by atoms with Crippen molar-refractivity contribution in [3.8, 4) is 0 Å². The highest BCUT2D eigenvalue weighted by molar-refractivity contribution is 5.20. The summed E-state index contributed by atoms with van der Waals surface area (Å²) in [5.41, 5.74) is 7.69. The Morgan fingerprint density at radius 1 is 1.18 bits per heavy atom. The van der Waals surface area contributed by atoms with Crippen molar-refractivity contribution in [1.82, 2.24) is 4.57 Å². The zero-order valence-electron chi connectivity index (χ0n) is 11.5. The summed E-state index contributed by atoms with van der Waals surface area (Å²) in [4.78, 5) is 12.4. The first kappa shape index (κ1) is 14.0. The molecule has 17 heavy (non-hydrogen) atoms. The molecule has 0 saturated heterocycles. The van der Waals surface area contributed by atoms with E-state index in [9.17, 15) is 4.79 Å². The van der Waals surface area contributed by atoms with E-state index in [1.54, 1.807) is 0 Å². The average molecular weight is 236 g/mol. The Balaban J connectivity index is 3.37. The van der Waals surface area contributed by atoms with Gasteiger partial charge < -0.3 is 10.3 Å². The first-order valence-corrected chi connectivity index (χ1v) is 6.33. The fourth-order valence-corrected chi connectivity index (χ4v) is 2.01. The Morgan fingerprint density at radius 2 is 1.76 bits per heavy atom. The number of pyridine rings is 1. The number of hydrogen-bond acceptors (Lipinski definition) is 2. The summed E-state index contributed by atoms with van der Waals surface area (Å²) in [5.74, 6) is 0.803. The third kappa shape index (κ3) is 3.19. The number of aromatic nitrogens is 1. The van der Waals surface area contributed by atoms with Gasteiger partial charge in [0.1, 0.15) is 0 Å². The van der Waals surface area contributed by atoms with Crippen LogP contribution in [0.25, 0.3) is 0 Å². The van der Waals surface area contributed by atoms with Gasteiger partial charge in [-0.25, -0.2) is 0 Å². The number of nitrogens with two attached hydrogens (primary N) is 1. The molecule has 0 aliphatic carbocycles. The van der Waals surface area contributed by atoms with Gasteiger partial charge in [0, 0.05) is 23.8 Å². The van der Waals surface area contributed by atoms with E-state index in [2.05, 4.69) is 27.7 Å². The Bertz CT molecular complexity index is 430. The van der Waals surface area contributed by atoms with Crippen LogP contribution in [-0.2, 0) is 6.54 Å². The van der Waals surface area contributed by atoms with E-state index in [-0.39, 0.29) is 11.6 Å². The third-order valence-electron chi connectivity index (χ3n) is 2.87. The smallest absolute Gasteiger partial charge is 0.255 e. The van der Waals surface area contributed by atoms with Crippen molar-refractivity contribution in [3.05, 3.63) is 33.7 Å². The maximum atomic E-state index is 12.4. The molecular weight excluding hydrogens is 212 g/mol. The highest BCUT2D eigenvalue weighted by Gasteiger charge is 2.14. The van der Waals surface area contributed by atoms with Gasteiger partial charge in [0.25, 0.3) is 5.56 Å². The van der Waals surface area contributed by atoms with Crippen LogP contribution in [0, 0.1) is 5.92 Å². The van der Waals surface area contributed by atoms with E-state index < -0.39 is 0 Å². The SMILES string of the molecule is CC(C)Cn1c(C(C)C)ccc(C(C)N)c1=O. The third-order valence-corrected chi connectivity index (χ3v) is 2.87. The summed E-state index contributed by atoms with van der Waals surface area (Å²) in [6, 6.07) is 3.70. The van der Waals surface area contributed by atoms with Gasteiger partial charge in [-0.05, 0) is 24.8 Å². The van der Waals surface area contributed by atoms with Crippen LogP contribution >= 0.6 is 0 Å². The van der Waals surface area contributed by atoms with Gasteiger partial charge >= 0.3 is 0 Å². The van der Waals surface area contributed by atoms with Gasteiger partial charge in [-0.2, -0.15) is 0 Å². The lowest BCUT2D eigenvalue weighted by molar-refractivity contribution is 0.483. The Kier molecular flexibility index (Phi) is 4.52. The van der Waals surface area contributed by atoms with Crippen molar-refractivity contribution in [2.24, 2.45) is 11.7 Å². The molecule has 0 saturated carbocycles. The van der Waals surface area contributed by atoms with Crippen LogP contribution in [0.1, 0.15) is 57.8 Å². The molecule has 1 rings (SSSR count). The minimum atomic E-state index is -0.206. The van der Waals surface area contributed by atoms with Crippen LogP contribution in [0.4, 0.5) is 0 Å². The molecule has 3 heteroatoms. The second kappa shape index (κ2) is 5.50. The first-order chi connectivity index (χ1) is 7.84. The molecule has 3 nitrogen and oxygen atoms in total. The van der Waals surface area contributed by atoms with Gasteiger partial charge in [-0.1, -0.05) is 33.8 Å². The van der Waals surface area contributed by atoms with Crippen LogP contribution in [0.15, 0.2) is 16.9 Å². The Morgan fingerprint density at radius 3 is 2.18 bits per heavy atom. The van der Waals surface area contributed by atoms with Crippen molar-refractivity contribution >= 4 is 0 Å². The van der Waals surface area contributed by atoms with Gasteiger partial charge in [0.05, 0.1) is 0 Å². The van der Waals surface area contributed by atoms with Gasteiger partial charge in [-0.15, -0.1) is 0 Å². The lowest BCUT2D eigenvalue weighted by Crippen LogP contribution is -2.31. The highest BCUT2D eigenvalue weighted by atomic mass is 16.1. The Hall–Kier alpha value is -1.09. The number of nitrogens with zero attached hydrogens (tertiary/aromatic N) is 1. The summed E-state index contributed by atoms with van der Waals surface area (Å²) in [6.45, 7) is 11.1. The summed E-state index contributed by atoms with van der Waals surface area (Å²) in [6.07, 6.45) is 0. The molecule has 1 aromatic rings. The van der Waals surface area contributed by atoms with Crippen molar-refractivity contribution < 1.29 is 0 Å². The van der Waals surface area contributed by atoms with Crippen molar-refractivity contribution in [1.29, 1.82) is 0 Å². The van der Waals surface area contributed by atoms with Crippen LogP contribution in [0.2, 0.25) is 0 Å². The largest absolute Gasteiger partial charge is 0.324 e. The predicted octanol–water partition coefficient (Wildman–Crippen LogP) is 2.65. The topological polar surface area (TPSA) is 48.0 Å². The zero-order chi connectivity index (χ0) is 13.2. The normalized spacial score (nSPS) is 13.4. The monoisotopic (exact) mass is 236 g/mol.